The van der Waals surface area contributed by atoms with Crippen LogP contribution in [-0.4, -0.2) is 48.9 Å². The molecule has 2 aliphatic rings. The summed E-state index contributed by atoms with van der Waals surface area (Å²) in [5, 5.41) is 6.30. The highest BCUT2D eigenvalue weighted by Crippen LogP contribution is 2.20. The summed E-state index contributed by atoms with van der Waals surface area (Å²) in [5.41, 5.74) is 3.01. The van der Waals surface area contributed by atoms with E-state index >= 15 is 0 Å². The zero-order valence-corrected chi connectivity index (χ0v) is 15.3. The third kappa shape index (κ3) is 4.40. The van der Waals surface area contributed by atoms with Crippen molar-refractivity contribution in [2.24, 2.45) is 5.92 Å². The summed E-state index contributed by atoms with van der Waals surface area (Å²) >= 11 is 0. The van der Waals surface area contributed by atoms with Gasteiger partial charge in [0, 0.05) is 25.2 Å². The van der Waals surface area contributed by atoms with Crippen molar-refractivity contribution in [3.8, 4) is 0 Å². The number of hydrogen-bond donors (Lipinski definition) is 2. The van der Waals surface area contributed by atoms with Gasteiger partial charge in [0.1, 0.15) is 0 Å². The Morgan fingerprint density at radius 3 is 2.80 bits per heavy atom. The Kier molecular flexibility index (Phi) is 5.74. The van der Waals surface area contributed by atoms with Crippen molar-refractivity contribution in [2.45, 2.75) is 45.6 Å². The van der Waals surface area contributed by atoms with Gasteiger partial charge in [-0.3, -0.25) is 9.59 Å². The topological polar surface area (TPSA) is 61.4 Å². The van der Waals surface area contributed by atoms with Gasteiger partial charge in [-0.15, -0.1) is 0 Å². The molecule has 5 heteroatoms. The molecule has 1 aromatic carbocycles. The van der Waals surface area contributed by atoms with Gasteiger partial charge in [0.25, 0.3) is 5.91 Å². The van der Waals surface area contributed by atoms with E-state index in [0.29, 0.717) is 12.5 Å². The molecule has 0 bridgehead atoms. The fourth-order valence-electron chi connectivity index (χ4n) is 3.92. The van der Waals surface area contributed by atoms with Crippen molar-refractivity contribution in [1.82, 2.24) is 15.5 Å². The van der Waals surface area contributed by atoms with Crippen LogP contribution in [0.25, 0.3) is 0 Å². The first-order chi connectivity index (χ1) is 12.0. The van der Waals surface area contributed by atoms with E-state index in [2.05, 4.69) is 16.7 Å². The Hall–Kier alpha value is -1.88. The van der Waals surface area contributed by atoms with Crippen LogP contribution in [0.2, 0.25) is 0 Å². The van der Waals surface area contributed by atoms with Gasteiger partial charge in [0.15, 0.2) is 0 Å². The molecule has 1 aromatic rings. The van der Waals surface area contributed by atoms with E-state index in [1.165, 1.54) is 5.56 Å². The second-order valence-corrected chi connectivity index (χ2v) is 7.47. The number of piperidine rings is 1. The third-order valence-corrected chi connectivity index (χ3v) is 5.36. The van der Waals surface area contributed by atoms with Gasteiger partial charge in [-0.1, -0.05) is 17.7 Å². The average Bonchev–Trinajstić information content (AvgIpc) is 3.14. The molecule has 2 amide bonds. The summed E-state index contributed by atoms with van der Waals surface area (Å²) < 4.78 is 0. The van der Waals surface area contributed by atoms with Gasteiger partial charge in [-0.25, -0.2) is 0 Å². The SMILES string of the molecule is Cc1ccc(C(=O)N2CCCC(CNC(=O)C3CCCN3)C2)c(C)c1. The van der Waals surface area contributed by atoms with E-state index in [-0.39, 0.29) is 17.9 Å². The van der Waals surface area contributed by atoms with Gasteiger partial charge < -0.3 is 15.5 Å². The van der Waals surface area contributed by atoms with E-state index in [9.17, 15) is 9.59 Å². The second kappa shape index (κ2) is 8.00. The first-order valence-corrected chi connectivity index (χ1v) is 9.42. The fraction of sp³-hybridized carbons (Fsp3) is 0.600. The lowest BCUT2D eigenvalue weighted by Crippen LogP contribution is -2.46. The van der Waals surface area contributed by atoms with E-state index < -0.39 is 0 Å². The van der Waals surface area contributed by atoms with Crippen LogP contribution in [0.5, 0.6) is 0 Å². The highest BCUT2D eigenvalue weighted by Gasteiger charge is 2.27. The molecular weight excluding hydrogens is 314 g/mol. The second-order valence-electron chi connectivity index (χ2n) is 7.47. The molecule has 2 N–H and O–H groups in total. The first kappa shape index (κ1) is 17.9. The third-order valence-electron chi connectivity index (χ3n) is 5.36. The number of amides is 2. The summed E-state index contributed by atoms with van der Waals surface area (Å²) in [7, 11) is 0. The van der Waals surface area contributed by atoms with Gasteiger partial charge in [-0.05, 0) is 63.6 Å². The number of hydrogen-bond acceptors (Lipinski definition) is 3. The Morgan fingerprint density at radius 2 is 2.08 bits per heavy atom. The van der Waals surface area contributed by atoms with Crippen LogP contribution in [-0.2, 0) is 4.79 Å². The molecule has 0 spiro atoms. The maximum atomic E-state index is 12.9. The Bertz CT molecular complexity index is 638. The van der Waals surface area contributed by atoms with Crippen molar-refractivity contribution in [2.75, 3.05) is 26.2 Å². The summed E-state index contributed by atoms with van der Waals surface area (Å²) in [6.07, 6.45) is 4.06. The van der Waals surface area contributed by atoms with Crippen LogP contribution in [0.3, 0.4) is 0 Å². The molecule has 2 heterocycles. The van der Waals surface area contributed by atoms with E-state index in [1.807, 2.05) is 30.9 Å². The number of nitrogens with zero attached hydrogens (tertiary/aromatic N) is 1. The largest absolute Gasteiger partial charge is 0.354 e. The smallest absolute Gasteiger partial charge is 0.254 e. The number of aryl methyl sites for hydroxylation is 2. The quantitative estimate of drug-likeness (QED) is 0.879. The molecule has 0 aromatic heterocycles. The molecule has 0 aliphatic carbocycles. The summed E-state index contributed by atoms with van der Waals surface area (Å²) in [6, 6.07) is 5.96. The van der Waals surface area contributed by atoms with E-state index in [1.54, 1.807) is 0 Å². The number of carbonyl (C=O) groups excluding carboxylic acids is 2. The van der Waals surface area contributed by atoms with Gasteiger partial charge in [0.05, 0.1) is 6.04 Å². The standard InChI is InChI=1S/C20H29N3O2/c1-14-7-8-17(15(2)11-14)20(25)23-10-4-5-16(13-23)12-22-19(24)18-6-3-9-21-18/h7-8,11,16,18,21H,3-6,9-10,12-13H2,1-2H3,(H,22,24). The number of likely N-dealkylation sites (tertiary alicyclic amines) is 1. The van der Waals surface area contributed by atoms with Gasteiger partial charge >= 0.3 is 0 Å². The molecule has 2 saturated heterocycles. The van der Waals surface area contributed by atoms with Gasteiger partial charge in [-0.2, -0.15) is 0 Å². The minimum absolute atomic E-state index is 0.0310. The highest BCUT2D eigenvalue weighted by atomic mass is 16.2. The van der Waals surface area contributed by atoms with Crippen molar-refractivity contribution in [3.05, 3.63) is 34.9 Å². The van der Waals surface area contributed by atoms with Crippen molar-refractivity contribution >= 4 is 11.8 Å². The van der Waals surface area contributed by atoms with Crippen molar-refractivity contribution in [1.29, 1.82) is 0 Å². The predicted octanol–water partition coefficient (Wildman–Crippen LogP) is 2.02. The number of rotatable bonds is 4. The summed E-state index contributed by atoms with van der Waals surface area (Å²) in [6.45, 7) is 7.16. The lowest BCUT2D eigenvalue weighted by Gasteiger charge is -2.33. The van der Waals surface area contributed by atoms with E-state index in [0.717, 1.165) is 56.4 Å². The highest BCUT2D eigenvalue weighted by molar-refractivity contribution is 5.95. The predicted molar refractivity (Wildman–Crippen MR) is 98.6 cm³/mol. The maximum Gasteiger partial charge on any atom is 0.254 e. The lowest BCUT2D eigenvalue weighted by molar-refractivity contribution is -0.123. The van der Waals surface area contributed by atoms with Gasteiger partial charge in [0.2, 0.25) is 5.91 Å². The normalized spacial score (nSPS) is 23.5. The van der Waals surface area contributed by atoms with Crippen LogP contribution < -0.4 is 10.6 Å². The number of carbonyl (C=O) groups is 2. The summed E-state index contributed by atoms with van der Waals surface area (Å²) in [4.78, 5) is 27.0. The first-order valence-electron chi connectivity index (χ1n) is 9.42. The average molecular weight is 343 g/mol. The van der Waals surface area contributed by atoms with Crippen LogP contribution >= 0.6 is 0 Å². The maximum absolute atomic E-state index is 12.9. The minimum atomic E-state index is -0.0310. The van der Waals surface area contributed by atoms with Crippen LogP contribution in [0.4, 0.5) is 0 Å². The fourth-order valence-corrected chi connectivity index (χ4v) is 3.92. The number of benzene rings is 1. The Labute approximate surface area is 150 Å². The number of nitrogens with one attached hydrogen (secondary N) is 2. The zero-order valence-electron chi connectivity index (χ0n) is 15.3. The molecule has 2 fully saturated rings. The molecule has 2 unspecified atom stereocenters. The van der Waals surface area contributed by atoms with Crippen molar-refractivity contribution in [3.63, 3.8) is 0 Å². The lowest BCUT2D eigenvalue weighted by atomic mass is 9.96. The van der Waals surface area contributed by atoms with Crippen LogP contribution in [0, 0.1) is 19.8 Å². The zero-order chi connectivity index (χ0) is 17.8. The molecule has 136 valence electrons. The molecule has 5 nitrogen and oxygen atoms in total. The van der Waals surface area contributed by atoms with E-state index in [4.69, 9.17) is 0 Å². The Morgan fingerprint density at radius 1 is 1.24 bits per heavy atom. The minimum Gasteiger partial charge on any atom is -0.354 e. The molecule has 2 aliphatic heterocycles. The molecule has 3 rings (SSSR count). The monoisotopic (exact) mass is 343 g/mol. The van der Waals surface area contributed by atoms with Crippen molar-refractivity contribution < 1.29 is 9.59 Å². The molecular formula is C20H29N3O2. The van der Waals surface area contributed by atoms with Crippen LogP contribution in [0.1, 0.15) is 47.2 Å². The molecule has 0 radical (unpaired) electrons. The Balaban J connectivity index is 1.55. The van der Waals surface area contributed by atoms with Crippen LogP contribution in [0.15, 0.2) is 18.2 Å². The molecule has 2 atom stereocenters. The molecule has 25 heavy (non-hydrogen) atoms. The molecule has 0 saturated carbocycles. The summed E-state index contributed by atoms with van der Waals surface area (Å²) in [5.74, 6) is 0.565.